The Labute approximate surface area is 131 Å². The molecular formula is C16H18FN3OS. The zero-order valence-corrected chi connectivity index (χ0v) is 13.0. The van der Waals surface area contributed by atoms with E-state index in [1.54, 1.807) is 6.07 Å². The Bertz CT molecular complexity index is 737. The van der Waals surface area contributed by atoms with E-state index in [0.717, 1.165) is 11.3 Å². The molecule has 1 saturated carbocycles. The third-order valence-corrected chi connectivity index (χ3v) is 5.86. The highest BCUT2D eigenvalue weighted by Crippen LogP contribution is 2.35. The molecule has 0 spiro atoms. The van der Waals surface area contributed by atoms with Crippen molar-refractivity contribution in [3.05, 3.63) is 40.8 Å². The average Bonchev–Trinajstić information content (AvgIpc) is 3.21. The third kappa shape index (κ3) is 2.45. The molecule has 0 radical (unpaired) electrons. The van der Waals surface area contributed by atoms with Crippen molar-refractivity contribution in [3.8, 4) is 0 Å². The van der Waals surface area contributed by atoms with Gasteiger partial charge in [0.15, 0.2) is 11.6 Å². The van der Waals surface area contributed by atoms with Crippen LogP contribution in [0.4, 0.5) is 15.9 Å². The highest BCUT2D eigenvalue weighted by Gasteiger charge is 2.23. The van der Waals surface area contributed by atoms with E-state index in [1.165, 1.54) is 25.7 Å². The first-order valence-corrected chi connectivity index (χ1v) is 9.17. The molecular weight excluding hydrogens is 301 g/mol. The number of rotatable bonds is 3. The van der Waals surface area contributed by atoms with Crippen molar-refractivity contribution in [1.29, 1.82) is 0 Å². The number of fused-ring (bicyclic) bond motifs is 1. The molecule has 4 nitrogen and oxygen atoms in total. The van der Waals surface area contributed by atoms with E-state index in [9.17, 15) is 8.60 Å². The third-order valence-electron chi connectivity index (χ3n) is 4.62. The van der Waals surface area contributed by atoms with E-state index in [-0.39, 0.29) is 5.82 Å². The lowest BCUT2D eigenvalue weighted by Gasteiger charge is -2.08. The molecule has 2 aromatic rings. The molecule has 1 fully saturated rings. The fraction of sp³-hybridized carbons (Fsp3) is 0.438. The Morgan fingerprint density at radius 1 is 1.27 bits per heavy atom. The van der Waals surface area contributed by atoms with E-state index < -0.39 is 10.8 Å². The second kappa shape index (κ2) is 5.50. The number of aromatic nitrogens is 2. The number of anilines is 2. The van der Waals surface area contributed by atoms with Crippen molar-refractivity contribution in [2.24, 2.45) is 0 Å². The quantitative estimate of drug-likeness (QED) is 0.906. The van der Waals surface area contributed by atoms with Gasteiger partial charge in [0.25, 0.3) is 0 Å². The lowest BCUT2D eigenvalue weighted by Crippen LogP contribution is -1.98. The zero-order valence-electron chi connectivity index (χ0n) is 12.2. The van der Waals surface area contributed by atoms with Crippen molar-refractivity contribution < 1.29 is 8.60 Å². The van der Waals surface area contributed by atoms with Gasteiger partial charge in [0, 0.05) is 39.8 Å². The van der Waals surface area contributed by atoms with Crippen LogP contribution in [0.3, 0.4) is 0 Å². The summed E-state index contributed by atoms with van der Waals surface area (Å²) in [7, 11) is -0.972. The van der Waals surface area contributed by atoms with Crippen molar-refractivity contribution >= 4 is 22.3 Å². The molecule has 0 amide bonds. The van der Waals surface area contributed by atoms with Crippen molar-refractivity contribution in [1.82, 2.24) is 10.2 Å². The van der Waals surface area contributed by atoms with Crippen LogP contribution >= 0.6 is 0 Å². The van der Waals surface area contributed by atoms with Crippen LogP contribution in [0.1, 0.15) is 48.4 Å². The molecule has 6 heteroatoms. The predicted molar refractivity (Wildman–Crippen MR) is 85.0 cm³/mol. The number of hydrogen-bond acceptors (Lipinski definition) is 3. The molecule has 2 aliphatic rings. The minimum absolute atomic E-state index is 0.297. The fourth-order valence-corrected chi connectivity index (χ4v) is 4.77. The summed E-state index contributed by atoms with van der Waals surface area (Å²) in [5, 5.41) is 10.4. The van der Waals surface area contributed by atoms with Gasteiger partial charge < -0.3 is 5.32 Å². The summed E-state index contributed by atoms with van der Waals surface area (Å²) in [5.41, 5.74) is 2.97. The maximum Gasteiger partial charge on any atom is 0.152 e. The SMILES string of the molecule is O=S1Cc2ccc(Nc3cc(C4CCCC4)[nH]n3)c(F)c2C1. The Kier molecular flexibility index (Phi) is 3.48. The normalized spacial score (nSPS) is 21.2. The maximum absolute atomic E-state index is 14.5. The molecule has 2 heterocycles. The second-order valence-electron chi connectivity index (χ2n) is 6.11. The molecule has 0 saturated heterocycles. The Morgan fingerprint density at radius 3 is 2.91 bits per heavy atom. The lowest BCUT2D eigenvalue weighted by atomic mass is 10.0. The van der Waals surface area contributed by atoms with Crippen LogP contribution in [0.5, 0.6) is 0 Å². The maximum atomic E-state index is 14.5. The standard InChI is InChI=1S/C16H18FN3OS/c17-16-12-9-22(21)8-11(12)5-6-13(16)18-15-7-14(19-20-15)10-3-1-2-4-10/h5-7,10H,1-4,8-9H2,(H2,18,19,20). The Balaban J connectivity index is 1.57. The van der Waals surface area contributed by atoms with Gasteiger partial charge in [-0.05, 0) is 24.5 Å². The number of aromatic amines is 1. The smallest absolute Gasteiger partial charge is 0.152 e. The van der Waals surface area contributed by atoms with Crippen LogP contribution in [-0.4, -0.2) is 14.4 Å². The van der Waals surface area contributed by atoms with Gasteiger partial charge >= 0.3 is 0 Å². The van der Waals surface area contributed by atoms with Crippen LogP contribution in [0.15, 0.2) is 18.2 Å². The largest absolute Gasteiger partial charge is 0.336 e. The van der Waals surface area contributed by atoms with E-state index in [0.29, 0.717) is 34.5 Å². The molecule has 22 heavy (non-hydrogen) atoms. The average molecular weight is 319 g/mol. The number of hydrogen-bond donors (Lipinski definition) is 2. The zero-order chi connectivity index (χ0) is 15.1. The predicted octanol–water partition coefficient (Wildman–Crippen LogP) is 3.71. The topological polar surface area (TPSA) is 57.8 Å². The van der Waals surface area contributed by atoms with Crippen LogP contribution in [0, 0.1) is 5.82 Å². The molecule has 116 valence electrons. The number of halogens is 1. The van der Waals surface area contributed by atoms with Gasteiger partial charge in [-0.25, -0.2) is 4.39 Å². The minimum atomic E-state index is -0.972. The lowest BCUT2D eigenvalue weighted by molar-refractivity contribution is 0.620. The summed E-state index contributed by atoms with van der Waals surface area (Å²) in [6.45, 7) is 0. The van der Waals surface area contributed by atoms with Crippen LogP contribution in [-0.2, 0) is 22.3 Å². The molecule has 1 aliphatic carbocycles. The number of benzene rings is 1. The molecule has 4 rings (SSSR count). The van der Waals surface area contributed by atoms with Gasteiger partial charge in [0.05, 0.1) is 11.4 Å². The highest BCUT2D eigenvalue weighted by atomic mass is 32.2. The second-order valence-corrected chi connectivity index (χ2v) is 7.57. The first-order valence-electron chi connectivity index (χ1n) is 7.68. The van der Waals surface area contributed by atoms with E-state index in [4.69, 9.17) is 0 Å². The molecule has 1 atom stereocenters. The summed E-state index contributed by atoms with van der Waals surface area (Å²) in [5.74, 6) is 1.66. The highest BCUT2D eigenvalue weighted by molar-refractivity contribution is 7.83. The van der Waals surface area contributed by atoms with Gasteiger partial charge in [-0.2, -0.15) is 5.10 Å². The van der Waals surface area contributed by atoms with Crippen LogP contribution in [0.25, 0.3) is 0 Å². The van der Waals surface area contributed by atoms with E-state index in [1.807, 2.05) is 12.1 Å². The number of nitrogens with one attached hydrogen (secondary N) is 2. The first-order chi connectivity index (χ1) is 10.7. The summed E-state index contributed by atoms with van der Waals surface area (Å²) in [6.07, 6.45) is 4.92. The monoisotopic (exact) mass is 319 g/mol. The van der Waals surface area contributed by atoms with Crippen LogP contribution < -0.4 is 5.32 Å². The Hall–Kier alpha value is -1.69. The molecule has 1 unspecified atom stereocenters. The summed E-state index contributed by atoms with van der Waals surface area (Å²) < 4.78 is 26.1. The molecule has 2 N–H and O–H groups in total. The molecule has 1 aliphatic heterocycles. The van der Waals surface area contributed by atoms with E-state index >= 15 is 0 Å². The summed E-state index contributed by atoms with van der Waals surface area (Å²) >= 11 is 0. The summed E-state index contributed by atoms with van der Waals surface area (Å²) in [4.78, 5) is 0. The molecule has 1 aromatic carbocycles. The Morgan fingerprint density at radius 2 is 2.09 bits per heavy atom. The van der Waals surface area contributed by atoms with Crippen molar-refractivity contribution in [3.63, 3.8) is 0 Å². The van der Waals surface area contributed by atoms with E-state index in [2.05, 4.69) is 15.5 Å². The fourth-order valence-electron chi connectivity index (χ4n) is 3.42. The number of nitrogens with zero attached hydrogens (tertiary/aromatic N) is 1. The van der Waals surface area contributed by atoms with Crippen molar-refractivity contribution in [2.75, 3.05) is 5.32 Å². The minimum Gasteiger partial charge on any atom is -0.336 e. The van der Waals surface area contributed by atoms with Gasteiger partial charge in [-0.15, -0.1) is 0 Å². The van der Waals surface area contributed by atoms with Gasteiger partial charge in [0.1, 0.15) is 0 Å². The molecule has 1 aromatic heterocycles. The van der Waals surface area contributed by atoms with Crippen LogP contribution in [0.2, 0.25) is 0 Å². The van der Waals surface area contributed by atoms with Gasteiger partial charge in [-0.1, -0.05) is 18.9 Å². The van der Waals surface area contributed by atoms with Gasteiger partial charge in [0.2, 0.25) is 0 Å². The molecule has 0 bridgehead atoms. The van der Waals surface area contributed by atoms with Crippen molar-refractivity contribution in [2.45, 2.75) is 43.1 Å². The number of H-pyrrole nitrogens is 1. The first kappa shape index (κ1) is 13.9. The van der Waals surface area contributed by atoms with Gasteiger partial charge in [-0.3, -0.25) is 9.31 Å². The summed E-state index contributed by atoms with van der Waals surface area (Å²) in [6, 6.07) is 5.54.